The molecule has 4 rings (SSSR count). The van der Waals surface area contributed by atoms with E-state index in [1.807, 2.05) is 6.07 Å². The number of thiophene rings is 1. The fraction of sp³-hybridized carbons (Fsp3) is 0.143. The summed E-state index contributed by atoms with van der Waals surface area (Å²) in [4.78, 5) is 13.5. The molecule has 1 aromatic carbocycles. The molecule has 2 heterocycles. The van der Waals surface area contributed by atoms with Crippen molar-refractivity contribution in [2.75, 3.05) is 5.32 Å². The van der Waals surface area contributed by atoms with Crippen LogP contribution in [0, 0.1) is 11.3 Å². The lowest BCUT2D eigenvalue weighted by Gasteiger charge is -2.02. The van der Waals surface area contributed by atoms with Crippen LogP contribution in [-0.4, -0.2) is 5.91 Å². The van der Waals surface area contributed by atoms with E-state index in [1.54, 1.807) is 30.3 Å². The van der Waals surface area contributed by atoms with Crippen molar-refractivity contribution in [1.82, 2.24) is 0 Å². The average molecular weight is 429 g/mol. The van der Waals surface area contributed by atoms with Crippen LogP contribution in [0.3, 0.4) is 0 Å². The minimum Gasteiger partial charge on any atom is -0.457 e. The van der Waals surface area contributed by atoms with Crippen molar-refractivity contribution < 1.29 is 9.21 Å². The zero-order valence-electron chi connectivity index (χ0n) is 14.6. The number of furan rings is 1. The van der Waals surface area contributed by atoms with E-state index in [0.29, 0.717) is 37.7 Å². The Morgan fingerprint density at radius 3 is 2.93 bits per heavy atom. The Morgan fingerprint density at radius 2 is 2.11 bits per heavy atom. The van der Waals surface area contributed by atoms with Gasteiger partial charge in [0.15, 0.2) is 0 Å². The van der Waals surface area contributed by atoms with E-state index in [4.69, 9.17) is 27.6 Å². The molecule has 1 aliphatic carbocycles. The quantitative estimate of drug-likeness (QED) is 0.493. The first-order valence-corrected chi connectivity index (χ1v) is 10.2. The summed E-state index contributed by atoms with van der Waals surface area (Å²) >= 11 is 13.7. The summed E-state index contributed by atoms with van der Waals surface area (Å²) in [6, 6.07) is 11.0. The summed E-state index contributed by atoms with van der Waals surface area (Å²) in [7, 11) is 0. The molecular formula is C21H14Cl2N2O2S. The lowest BCUT2D eigenvalue weighted by Crippen LogP contribution is -2.07. The van der Waals surface area contributed by atoms with Gasteiger partial charge in [-0.05, 0) is 55.2 Å². The van der Waals surface area contributed by atoms with Gasteiger partial charge in [-0.3, -0.25) is 4.79 Å². The molecule has 7 heteroatoms. The second-order valence-corrected chi connectivity index (χ2v) is 8.19. The van der Waals surface area contributed by atoms with E-state index in [-0.39, 0.29) is 5.91 Å². The number of hydrogen-bond donors (Lipinski definition) is 1. The third-order valence-corrected chi connectivity index (χ3v) is 6.54. The number of nitrogens with zero attached hydrogens (tertiary/aromatic N) is 1. The number of anilines is 1. The van der Waals surface area contributed by atoms with Crippen LogP contribution in [0.25, 0.3) is 17.4 Å². The van der Waals surface area contributed by atoms with Crippen molar-refractivity contribution in [3.05, 3.63) is 68.2 Å². The second-order valence-electron chi connectivity index (χ2n) is 6.30. The number of carbonyl (C=O) groups excluding carboxylic acids is 1. The van der Waals surface area contributed by atoms with Crippen LogP contribution in [0.1, 0.15) is 28.2 Å². The SMILES string of the molecule is N#Cc1c(NC(=O)C=Cc2ccc(-c3cccc(Cl)c3Cl)o2)sc2c1CCC2. The number of amides is 1. The molecule has 0 fully saturated rings. The molecule has 4 nitrogen and oxygen atoms in total. The average Bonchev–Trinajstić information content (AvgIpc) is 3.38. The van der Waals surface area contributed by atoms with Crippen molar-refractivity contribution in [3.63, 3.8) is 0 Å². The molecule has 0 saturated heterocycles. The Labute approximate surface area is 176 Å². The van der Waals surface area contributed by atoms with Crippen LogP contribution in [0.4, 0.5) is 5.00 Å². The van der Waals surface area contributed by atoms with E-state index in [0.717, 1.165) is 24.8 Å². The molecule has 0 aliphatic heterocycles. The number of carbonyl (C=O) groups is 1. The number of nitrogens with one attached hydrogen (secondary N) is 1. The highest BCUT2D eigenvalue weighted by Crippen LogP contribution is 2.38. The standard InChI is InChI=1S/C21H14Cl2N2O2S/c22-16-5-1-4-14(20(16)23)17-9-7-12(27-17)8-10-19(26)25-21-15(11-24)13-3-2-6-18(13)28-21/h1,4-5,7-10H,2-3,6H2,(H,25,26). The maximum atomic E-state index is 12.3. The first-order chi connectivity index (χ1) is 13.6. The van der Waals surface area contributed by atoms with Gasteiger partial charge in [-0.2, -0.15) is 5.26 Å². The summed E-state index contributed by atoms with van der Waals surface area (Å²) in [6.07, 6.45) is 5.91. The zero-order chi connectivity index (χ0) is 19.7. The van der Waals surface area contributed by atoms with Crippen LogP contribution in [-0.2, 0) is 17.6 Å². The van der Waals surface area contributed by atoms with Gasteiger partial charge in [-0.1, -0.05) is 29.3 Å². The summed E-state index contributed by atoms with van der Waals surface area (Å²) in [5.41, 5.74) is 2.36. The minimum absolute atomic E-state index is 0.310. The summed E-state index contributed by atoms with van der Waals surface area (Å²) in [5, 5.41) is 13.7. The lowest BCUT2D eigenvalue weighted by molar-refractivity contribution is -0.111. The maximum absolute atomic E-state index is 12.3. The Balaban J connectivity index is 1.48. The molecule has 3 aromatic rings. The molecule has 140 valence electrons. The molecule has 2 aromatic heterocycles. The fourth-order valence-electron chi connectivity index (χ4n) is 3.20. The molecule has 0 radical (unpaired) electrons. The number of halogens is 2. The topological polar surface area (TPSA) is 66.0 Å². The highest BCUT2D eigenvalue weighted by Gasteiger charge is 2.22. The molecule has 0 atom stereocenters. The van der Waals surface area contributed by atoms with Gasteiger partial charge in [0.1, 0.15) is 22.6 Å². The van der Waals surface area contributed by atoms with E-state index >= 15 is 0 Å². The first-order valence-electron chi connectivity index (χ1n) is 8.64. The predicted octanol–water partition coefficient (Wildman–Crippen LogP) is 6.33. The fourth-order valence-corrected chi connectivity index (χ4v) is 4.84. The van der Waals surface area contributed by atoms with E-state index < -0.39 is 0 Å². The molecule has 1 N–H and O–H groups in total. The van der Waals surface area contributed by atoms with Crippen molar-refractivity contribution in [2.45, 2.75) is 19.3 Å². The van der Waals surface area contributed by atoms with Crippen LogP contribution in [0.15, 0.2) is 40.8 Å². The number of aryl methyl sites for hydroxylation is 1. The van der Waals surface area contributed by atoms with Crippen molar-refractivity contribution in [3.8, 4) is 17.4 Å². The number of rotatable bonds is 4. The molecule has 28 heavy (non-hydrogen) atoms. The molecular weight excluding hydrogens is 415 g/mol. The van der Waals surface area contributed by atoms with Crippen LogP contribution < -0.4 is 5.32 Å². The van der Waals surface area contributed by atoms with Gasteiger partial charge in [-0.15, -0.1) is 11.3 Å². The van der Waals surface area contributed by atoms with E-state index in [1.165, 1.54) is 22.3 Å². The van der Waals surface area contributed by atoms with E-state index in [2.05, 4.69) is 11.4 Å². The Bertz CT molecular complexity index is 1140. The smallest absolute Gasteiger partial charge is 0.249 e. The van der Waals surface area contributed by atoms with Gasteiger partial charge in [-0.25, -0.2) is 0 Å². The third kappa shape index (κ3) is 3.59. The van der Waals surface area contributed by atoms with Gasteiger partial charge >= 0.3 is 0 Å². The molecule has 0 saturated carbocycles. The number of nitriles is 1. The third-order valence-electron chi connectivity index (χ3n) is 4.51. The highest BCUT2D eigenvalue weighted by atomic mass is 35.5. The lowest BCUT2D eigenvalue weighted by atomic mass is 10.1. The normalized spacial score (nSPS) is 12.9. The summed E-state index contributed by atoms with van der Waals surface area (Å²) in [5.74, 6) is 0.763. The van der Waals surface area contributed by atoms with Gasteiger partial charge in [0.2, 0.25) is 5.91 Å². The highest BCUT2D eigenvalue weighted by molar-refractivity contribution is 7.16. The number of fused-ring (bicyclic) bond motifs is 1. The maximum Gasteiger partial charge on any atom is 0.249 e. The number of hydrogen-bond acceptors (Lipinski definition) is 4. The minimum atomic E-state index is -0.310. The van der Waals surface area contributed by atoms with E-state index in [9.17, 15) is 10.1 Å². The molecule has 1 aliphatic rings. The van der Waals surface area contributed by atoms with Crippen molar-refractivity contribution in [2.24, 2.45) is 0 Å². The molecule has 0 spiro atoms. The van der Waals surface area contributed by atoms with Crippen LogP contribution in [0.2, 0.25) is 10.0 Å². The van der Waals surface area contributed by atoms with Crippen molar-refractivity contribution >= 4 is 51.5 Å². The van der Waals surface area contributed by atoms with Gasteiger partial charge < -0.3 is 9.73 Å². The largest absolute Gasteiger partial charge is 0.457 e. The zero-order valence-corrected chi connectivity index (χ0v) is 16.9. The monoisotopic (exact) mass is 428 g/mol. The molecule has 1 amide bonds. The number of benzene rings is 1. The van der Waals surface area contributed by atoms with Crippen LogP contribution in [0.5, 0.6) is 0 Å². The van der Waals surface area contributed by atoms with Gasteiger partial charge in [0.25, 0.3) is 0 Å². The second kappa shape index (κ2) is 7.84. The Hall–Kier alpha value is -2.52. The first kappa shape index (κ1) is 18.8. The van der Waals surface area contributed by atoms with Crippen LogP contribution >= 0.6 is 34.5 Å². The Kier molecular flexibility index (Phi) is 5.27. The Morgan fingerprint density at radius 1 is 1.25 bits per heavy atom. The predicted molar refractivity (Wildman–Crippen MR) is 113 cm³/mol. The summed E-state index contributed by atoms with van der Waals surface area (Å²) < 4.78 is 5.74. The summed E-state index contributed by atoms with van der Waals surface area (Å²) in [6.45, 7) is 0. The molecule has 0 unspecified atom stereocenters. The van der Waals surface area contributed by atoms with Gasteiger partial charge in [0.05, 0.1) is 15.6 Å². The molecule has 0 bridgehead atoms. The van der Waals surface area contributed by atoms with Gasteiger partial charge in [0, 0.05) is 16.5 Å². The van der Waals surface area contributed by atoms with Crippen molar-refractivity contribution in [1.29, 1.82) is 5.26 Å².